The molecule has 1 saturated heterocycles. The van der Waals surface area contributed by atoms with Crippen LogP contribution in [0.3, 0.4) is 0 Å². The van der Waals surface area contributed by atoms with Crippen molar-refractivity contribution in [2.45, 2.75) is 39.7 Å². The summed E-state index contributed by atoms with van der Waals surface area (Å²) in [7, 11) is 2.18. The number of nitrogens with one attached hydrogen (secondary N) is 1. The SMILES string of the molecule is C[C@H]1[C@@H](Nc2nccc(N3CCN(C)CC3)n2)C[C@@H]2C[C@@H]1C2(C)C. The first-order chi connectivity index (χ1) is 11.4. The predicted molar refractivity (Wildman–Crippen MR) is 98.3 cm³/mol. The number of hydrogen-bond donors (Lipinski definition) is 1. The highest BCUT2D eigenvalue weighted by Gasteiger charge is 2.56. The summed E-state index contributed by atoms with van der Waals surface area (Å²) >= 11 is 0. The van der Waals surface area contributed by atoms with Crippen LogP contribution in [0.1, 0.15) is 33.6 Å². The highest BCUT2D eigenvalue weighted by atomic mass is 15.3. The van der Waals surface area contributed by atoms with E-state index in [1.165, 1.54) is 12.8 Å². The number of nitrogens with zero attached hydrogens (tertiary/aromatic N) is 4. The molecule has 5 heteroatoms. The summed E-state index contributed by atoms with van der Waals surface area (Å²) in [6.45, 7) is 11.6. The number of anilines is 2. The van der Waals surface area contributed by atoms with Crippen molar-refractivity contribution in [3.05, 3.63) is 12.3 Å². The molecule has 1 aromatic heterocycles. The quantitative estimate of drug-likeness (QED) is 0.924. The van der Waals surface area contributed by atoms with Gasteiger partial charge in [0.1, 0.15) is 5.82 Å². The van der Waals surface area contributed by atoms with E-state index in [-0.39, 0.29) is 0 Å². The van der Waals surface area contributed by atoms with E-state index in [2.05, 4.69) is 47.9 Å². The number of fused-ring (bicyclic) bond motifs is 2. The number of likely N-dealkylation sites (N-methyl/N-ethyl adjacent to an activating group) is 1. The Bertz CT molecular complexity index is 593. The average Bonchev–Trinajstić information content (AvgIpc) is 2.57. The second-order valence-corrected chi connectivity index (χ2v) is 8.73. The topological polar surface area (TPSA) is 44.3 Å². The fraction of sp³-hybridized carbons (Fsp3) is 0.789. The van der Waals surface area contributed by atoms with Gasteiger partial charge in [-0.2, -0.15) is 4.98 Å². The van der Waals surface area contributed by atoms with Crippen molar-refractivity contribution in [3.8, 4) is 0 Å². The average molecular weight is 329 g/mol. The summed E-state index contributed by atoms with van der Waals surface area (Å²) in [4.78, 5) is 14.0. The normalized spacial score (nSPS) is 35.4. The van der Waals surface area contributed by atoms with Gasteiger partial charge in [-0.1, -0.05) is 20.8 Å². The molecule has 0 radical (unpaired) electrons. The second kappa shape index (κ2) is 5.87. The van der Waals surface area contributed by atoms with Gasteiger partial charge in [0.2, 0.25) is 5.95 Å². The molecular weight excluding hydrogens is 298 g/mol. The molecule has 1 aliphatic heterocycles. The third-order valence-corrected chi connectivity index (χ3v) is 7.14. The van der Waals surface area contributed by atoms with Crippen LogP contribution in [0, 0.1) is 23.2 Å². The molecular formula is C19H31N5. The lowest BCUT2D eigenvalue weighted by molar-refractivity contribution is -0.105. The number of aromatic nitrogens is 2. The van der Waals surface area contributed by atoms with Crippen LogP contribution in [0.15, 0.2) is 12.3 Å². The van der Waals surface area contributed by atoms with E-state index >= 15 is 0 Å². The third kappa shape index (κ3) is 2.67. The predicted octanol–water partition coefficient (Wildman–Crippen LogP) is 2.71. The first kappa shape index (κ1) is 16.1. The summed E-state index contributed by atoms with van der Waals surface area (Å²) in [5.41, 5.74) is 0.528. The van der Waals surface area contributed by atoms with E-state index in [4.69, 9.17) is 4.98 Å². The largest absolute Gasteiger partial charge is 0.354 e. The first-order valence-corrected chi connectivity index (χ1v) is 9.48. The Labute approximate surface area is 145 Å². The summed E-state index contributed by atoms with van der Waals surface area (Å²) in [5.74, 6) is 4.27. The van der Waals surface area contributed by atoms with Gasteiger partial charge in [-0.15, -0.1) is 0 Å². The number of hydrogen-bond acceptors (Lipinski definition) is 5. The fourth-order valence-electron chi connectivity index (χ4n) is 5.14. The van der Waals surface area contributed by atoms with E-state index in [1.54, 1.807) is 0 Å². The van der Waals surface area contributed by atoms with Crippen molar-refractivity contribution < 1.29 is 0 Å². The van der Waals surface area contributed by atoms with Gasteiger partial charge >= 0.3 is 0 Å². The first-order valence-electron chi connectivity index (χ1n) is 9.48. The van der Waals surface area contributed by atoms with Crippen LogP contribution in [-0.4, -0.2) is 54.1 Å². The monoisotopic (exact) mass is 329 g/mol. The molecule has 4 aliphatic rings. The minimum absolute atomic E-state index is 0.518. The molecule has 0 spiro atoms. The van der Waals surface area contributed by atoms with Gasteiger partial charge in [0, 0.05) is 38.4 Å². The molecule has 4 fully saturated rings. The molecule has 0 amide bonds. The summed E-state index contributed by atoms with van der Waals surface area (Å²) in [5, 5.41) is 3.66. The van der Waals surface area contributed by atoms with Crippen LogP contribution in [0.4, 0.5) is 11.8 Å². The summed E-state index contributed by atoms with van der Waals surface area (Å²) in [6.07, 6.45) is 4.57. The van der Waals surface area contributed by atoms with Gasteiger partial charge in [0.05, 0.1) is 0 Å². The Hall–Kier alpha value is -1.36. The molecule has 0 unspecified atom stereocenters. The smallest absolute Gasteiger partial charge is 0.224 e. The highest BCUT2D eigenvalue weighted by molar-refractivity contribution is 5.43. The van der Waals surface area contributed by atoms with Gasteiger partial charge in [-0.3, -0.25) is 0 Å². The molecule has 0 aromatic carbocycles. The Morgan fingerprint density at radius 3 is 2.58 bits per heavy atom. The Kier molecular flexibility index (Phi) is 3.94. The third-order valence-electron chi connectivity index (χ3n) is 7.14. The lowest BCUT2D eigenvalue weighted by atomic mass is 9.45. The molecule has 5 nitrogen and oxygen atoms in total. The Morgan fingerprint density at radius 1 is 1.17 bits per heavy atom. The second-order valence-electron chi connectivity index (χ2n) is 8.73. The maximum Gasteiger partial charge on any atom is 0.224 e. The molecule has 1 aromatic rings. The maximum absolute atomic E-state index is 4.81. The molecule has 2 heterocycles. The molecule has 5 rings (SSSR count). The molecule has 3 aliphatic carbocycles. The van der Waals surface area contributed by atoms with Crippen LogP contribution >= 0.6 is 0 Å². The molecule has 3 saturated carbocycles. The number of piperazine rings is 1. The van der Waals surface area contributed by atoms with Crippen molar-refractivity contribution >= 4 is 11.8 Å². The molecule has 1 N–H and O–H groups in total. The minimum atomic E-state index is 0.518. The highest BCUT2D eigenvalue weighted by Crippen LogP contribution is 2.61. The zero-order valence-electron chi connectivity index (χ0n) is 15.5. The molecule has 132 valence electrons. The Morgan fingerprint density at radius 2 is 1.92 bits per heavy atom. The van der Waals surface area contributed by atoms with Crippen LogP contribution in [0.5, 0.6) is 0 Å². The number of rotatable bonds is 3. The van der Waals surface area contributed by atoms with Gasteiger partial charge in [0.15, 0.2) is 0 Å². The van der Waals surface area contributed by atoms with Gasteiger partial charge in [-0.05, 0) is 49.1 Å². The van der Waals surface area contributed by atoms with Crippen molar-refractivity contribution in [1.29, 1.82) is 0 Å². The van der Waals surface area contributed by atoms with E-state index < -0.39 is 0 Å². The van der Waals surface area contributed by atoms with E-state index in [0.29, 0.717) is 17.4 Å². The van der Waals surface area contributed by atoms with E-state index in [1.807, 2.05) is 12.3 Å². The molecule has 2 bridgehead atoms. The van der Waals surface area contributed by atoms with Gasteiger partial charge < -0.3 is 15.1 Å². The lowest BCUT2D eigenvalue weighted by Crippen LogP contribution is -2.58. The van der Waals surface area contributed by atoms with Crippen LogP contribution in [-0.2, 0) is 0 Å². The maximum atomic E-state index is 4.81. The fourth-order valence-corrected chi connectivity index (χ4v) is 5.14. The summed E-state index contributed by atoms with van der Waals surface area (Å²) in [6, 6.07) is 2.56. The van der Waals surface area contributed by atoms with Crippen molar-refractivity contribution in [2.24, 2.45) is 23.2 Å². The Balaban J connectivity index is 1.43. The zero-order chi connectivity index (χ0) is 16.9. The van der Waals surface area contributed by atoms with Gasteiger partial charge in [0.25, 0.3) is 0 Å². The van der Waals surface area contributed by atoms with E-state index in [0.717, 1.165) is 49.8 Å². The van der Waals surface area contributed by atoms with Crippen molar-refractivity contribution in [3.63, 3.8) is 0 Å². The van der Waals surface area contributed by atoms with Crippen molar-refractivity contribution in [2.75, 3.05) is 43.4 Å². The van der Waals surface area contributed by atoms with Gasteiger partial charge in [-0.25, -0.2) is 4.98 Å². The lowest BCUT2D eigenvalue weighted by Gasteiger charge is -2.62. The van der Waals surface area contributed by atoms with Crippen LogP contribution in [0.25, 0.3) is 0 Å². The van der Waals surface area contributed by atoms with Crippen LogP contribution in [0.2, 0.25) is 0 Å². The minimum Gasteiger partial charge on any atom is -0.354 e. The van der Waals surface area contributed by atoms with Crippen LogP contribution < -0.4 is 10.2 Å². The summed E-state index contributed by atoms with van der Waals surface area (Å²) < 4.78 is 0. The zero-order valence-corrected chi connectivity index (χ0v) is 15.5. The van der Waals surface area contributed by atoms with E-state index in [9.17, 15) is 0 Å². The van der Waals surface area contributed by atoms with Crippen molar-refractivity contribution in [1.82, 2.24) is 14.9 Å². The molecule has 24 heavy (non-hydrogen) atoms. The standard InChI is InChI=1S/C19H31N5/c1-13-15-11-14(19(15,2)3)12-16(13)21-18-20-6-5-17(22-18)24-9-7-23(4)8-10-24/h5-6,13-16H,7-12H2,1-4H3,(H,20,21,22)/t13-,14+,15+,16+/m1/s1. The molecule has 4 atom stereocenters.